The molecule has 0 N–H and O–H groups in total. The number of ether oxygens (including phenoxy) is 2. The maximum Gasteiger partial charge on any atom is 0.293 e. The van der Waals surface area contributed by atoms with Crippen molar-refractivity contribution < 1.29 is 23.5 Å². The highest BCUT2D eigenvalue weighted by Crippen LogP contribution is 2.37. The number of imide groups is 1. The van der Waals surface area contributed by atoms with Crippen LogP contribution in [0.1, 0.15) is 18.1 Å². The summed E-state index contributed by atoms with van der Waals surface area (Å²) in [5.41, 5.74) is 1.01. The minimum Gasteiger partial charge on any atom is -0.492 e. The number of carbonyl (C=O) groups is 2. The van der Waals surface area contributed by atoms with Gasteiger partial charge in [0, 0.05) is 5.56 Å². The highest BCUT2D eigenvalue weighted by atomic mass is 127. The zero-order valence-electron chi connectivity index (χ0n) is 15.2. The Kier molecular flexibility index (Phi) is 6.61. The van der Waals surface area contributed by atoms with Gasteiger partial charge in [-0.2, -0.15) is 0 Å². The SMILES string of the molecule is CCOc1cc(/C=C2\SC(=O)N(Cc3ccccc3F)C2=O)cc(I)c1OC. The molecule has 1 fully saturated rings. The van der Waals surface area contributed by atoms with E-state index in [1.54, 1.807) is 37.5 Å². The van der Waals surface area contributed by atoms with Crippen LogP contribution in [0.5, 0.6) is 11.5 Å². The molecule has 0 atom stereocenters. The van der Waals surface area contributed by atoms with E-state index in [2.05, 4.69) is 22.6 Å². The first-order valence-corrected chi connectivity index (χ1v) is 10.3. The fraction of sp³-hybridized carbons (Fsp3) is 0.200. The van der Waals surface area contributed by atoms with Crippen LogP contribution >= 0.6 is 34.4 Å². The molecule has 1 aliphatic heterocycles. The fourth-order valence-corrected chi connectivity index (χ4v) is 4.40. The van der Waals surface area contributed by atoms with E-state index in [0.29, 0.717) is 29.2 Å². The van der Waals surface area contributed by atoms with Crippen molar-refractivity contribution in [2.75, 3.05) is 13.7 Å². The molecule has 3 rings (SSSR count). The Balaban J connectivity index is 1.88. The smallest absolute Gasteiger partial charge is 0.293 e. The summed E-state index contributed by atoms with van der Waals surface area (Å²) >= 11 is 2.96. The van der Waals surface area contributed by atoms with E-state index in [9.17, 15) is 14.0 Å². The van der Waals surface area contributed by atoms with E-state index in [4.69, 9.17) is 9.47 Å². The van der Waals surface area contributed by atoms with Gasteiger partial charge in [-0.05, 0) is 71.1 Å². The number of amides is 2. The molecule has 5 nitrogen and oxygen atoms in total. The standard InChI is InChI=1S/C20H17FINO4S/c1-3-27-16-9-12(8-15(22)18(16)26-2)10-17-19(24)23(20(25)28-17)11-13-6-4-5-7-14(13)21/h4-10H,3,11H2,1-2H3/b17-10-. The molecule has 0 aliphatic carbocycles. The van der Waals surface area contributed by atoms with Gasteiger partial charge in [-0.1, -0.05) is 18.2 Å². The molecule has 1 saturated heterocycles. The molecule has 28 heavy (non-hydrogen) atoms. The lowest BCUT2D eigenvalue weighted by molar-refractivity contribution is -0.123. The maximum atomic E-state index is 13.9. The average Bonchev–Trinajstić information content (AvgIpc) is 2.91. The van der Waals surface area contributed by atoms with Gasteiger partial charge in [0.1, 0.15) is 5.82 Å². The summed E-state index contributed by atoms with van der Waals surface area (Å²) in [6.07, 6.45) is 1.64. The number of nitrogens with zero attached hydrogens (tertiary/aromatic N) is 1. The summed E-state index contributed by atoms with van der Waals surface area (Å²) in [5, 5.41) is -0.423. The van der Waals surface area contributed by atoms with E-state index in [-0.39, 0.29) is 11.4 Å². The highest BCUT2D eigenvalue weighted by molar-refractivity contribution is 14.1. The van der Waals surface area contributed by atoms with E-state index < -0.39 is 17.0 Å². The number of rotatable bonds is 6. The maximum absolute atomic E-state index is 13.9. The van der Waals surface area contributed by atoms with Gasteiger partial charge in [-0.25, -0.2) is 4.39 Å². The lowest BCUT2D eigenvalue weighted by atomic mass is 10.1. The zero-order chi connectivity index (χ0) is 20.3. The second-order valence-electron chi connectivity index (χ2n) is 5.83. The number of thioether (sulfide) groups is 1. The summed E-state index contributed by atoms with van der Waals surface area (Å²) in [6, 6.07) is 9.69. The van der Waals surface area contributed by atoms with Gasteiger partial charge in [0.15, 0.2) is 11.5 Å². The highest BCUT2D eigenvalue weighted by Gasteiger charge is 2.35. The molecule has 2 aromatic rings. The third kappa shape index (κ3) is 4.33. The van der Waals surface area contributed by atoms with Gasteiger partial charge in [0.2, 0.25) is 0 Å². The van der Waals surface area contributed by atoms with Crippen molar-refractivity contribution in [2.45, 2.75) is 13.5 Å². The van der Waals surface area contributed by atoms with Gasteiger partial charge >= 0.3 is 0 Å². The third-order valence-electron chi connectivity index (χ3n) is 3.99. The summed E-state index contributed by atoms with van der Waals surface area (Å²) in [4.78, 5) is 26.3. The van der Waals surface area contributed by atoms with Gasteiger partial charge < -0.3 is 9.47 Å². The molecule has 0 saturated carbocycles. The number of carbonyl (C=O) groups excluding carboxylic acids is 2. The van der Waals surface area contributed by atoms with Crippen LogP contribution in [0.25, 0.3) is 6.08 Å². The Hall–Kier alpha value is -2.07. The second kappa shape index (κ2) is 8.95. The predicted molar refractivity (Wildman–Crippen MR) is 115 cm³/mol. The van der Waals surface area contributed by atoms with Crippen LogP contribution in [0.4, 0.5) is 9.18 Å². The lowest BCUT2D eigenvalue weighted by Crippen LogP contribution is -2.27. The van der Waals surface area contributed by atoms with Crippen LogP contribution in [0.2, 0.25) is 0 Å². The summed E-state index contributed by atoms with van der Waals surface area (Å²) in [5.74, 6) is 0.291. The molecule has 0 spiro atoms. The summed E-state index contributed by atoms with van der Waals surface area (Å²) in [6.45, 7) is 2.24. The lowest BCUT2D eigenvalue weighted by Gasteiger charge is -2.13. The van der Waals surface area contributed by atoms with Crippen LogP contribution in [0.3, 0.4) is 0 Å². The average molecular weight is 513 g/mol. The zero-order valence-corrected chi connectivity index (χ0v) is 18.2. The van der Waals surface area contributed by atoms with Crippen molar-refractivity contribution in [1.29, 1.82) is 0 Å². The molecule has 1 aliphatic rings. The Bertz CT molecular complexity index is 963. The topological polar surface area (TPSA) is 55.8 Å². The van der Waals surface area contributed by atoms with Crippen molar-refractivity contribution in [3.05, 3.63) is 61.8 Å². The molecular weight excluding hydrogens is 496 g/mol. The molecule has 0 aromatic heterocycles. The first-order chi connectivity index (χ1) is 13.4. The second-order valence-corrected chi connectivity index (χ2v) is 7.98. The van der Waals surface area contributed by atoms with Gasteiger partial charge in [0.25, 0.3) is 11.1 Å². The Morgan fingerprint density at radius 1 is 1.25 bits per heavy atom. The number of hydrogen-bond acceptors (Lipinski definition) is 5. The van der Waals surface area contributed by atoms with Gasteiger partial charge in [-0.3, -0.25) is 14.5 Å². The Labute approximate surface area is 180 Å². The van der Waals surface area contributed by atoms with Crippen LogP contribution < -0.4 is 9.47 Å². The third-order valence-corrected chi connectivity index (χ3v) is 5.70. The first-order valence-electron chi connectivity index (χ1n) is 8.43. The molecule has 8 heteroatoms. The predicted octanol–water partition coefficient (Wildman–Crippen LogP) is 5.07. The van der Waals surface area contributed by atoms with Crippen molar-refractivity contribution in [3.8, 4) is 11.5 Å². The number of methoxy groups -OCH3 is 1. The molecule has 0 radical (unpaired) electrons. The molecule has 1 heterocycles. The van der Waals surface area contributed by atoms with Crippen molar-refractivity contribution in [2.24, 2.45) is 0 Å². The number of benzene rings is 2. The molecule has 2 aromatic carbocycles. The van der Waals surface area contributed by atoms with E-state index in [1.807, 2.05) is 13.0 Å². The van der Waals surface area contributed by atoms with E-state index in [0.717, 1.165) is 20.2 Å². The minimum absolute atomic E-state index is 0.0982. The Morgan fingerprint density at radius 2 is 2.00 bits per heavy atom. The van der Waals surface area contributed by atoms with Gasteiger partial charge in [-0.15, -0.1) is 0 Å². The van der Waals surface area contributed by atoms with Crippen molar-refractivity contribution >= 4 is 51.6 Å². The first kappa shape index (κ1) is 20.7. The van der Waals surface area contributed by atoms with Crippen LogP contribution in [-0.2, 0) is 11.3 Å². The van der Waals surface area contributed by atoms with Crippen LogP contribution in [0.15, 0.2) is 41.3 Å². The largest absolute Gasteiger partial charge is 0.492 e. The Morgan fingerprint density at radius 3 is 2.68 bits per heavy atom. The van der Waals surface area contributed by atoms with Gasteiger partial charge in [0.05, 0.1) is 28.7 Å². The van der Waals surface area contributed by atoms with E-state index in [1.165, 1.54) is 6.07 Å². The van der Waals surface area contributed by atoms with E-state index >= 15 is 0 Å². The number of halogens is 2. The monoisotopic (exact) mass is 513 g/mol. The molecule has 146 valence electrons. The molecular formula is C20H17FINO4S. The summed E-state index contributed by atoms with van der Waals surface area (Å²) in [7, 11) is 1.56. The normalized spacial score (nSPS) is 15.4. The molecule has 0 unspecified atom stereocenters. The molecule has 0 bridgehead atoms. The van der Waals surface area contributed by atoms with Crippen molar-refractivity contribution in [1.82, 2.24) is 4.90 Å². The molecule has 2 amide bonds. The van der Waals surface area contributed by atoms with Crippen LogP contribution in [0, 0.1) is 9.39 Å². The summed E-state index contributed by atoms with van der Waals surface area (Å²) < 4.78 is 25.7. The van der Waals surface area contributed by atoms with Crippen molar-refractivity contribution in [3.63, 3.8) is 0 Å². The quantitative estimate of drug-likeness (QED) is 0.399. The number of hydrogen-bond donors (Lipinski definition) is 0. The van der Waals surface area contributed by atoms with Crippen LogP contribution in [-0.4, -0.2) is 29.8 Å². The minimum atomic E-state index is -0.448. The fourth-order valence-electron chi connectivity index (χ4n) is 2.72.